The molecule has 2 aromatic rings. The third-order valence-corrected chi connectivity index (χ3v) is 7.59. The van der Waals surface area contributed by atoms with Crippen LogP contribution in [0.1, 0.15) is 32.1 Å². The molecule has 3 saturated heterocycles. The van der Waals surface area contributed by atoms with Gasteiger partial charge in [-0.15, -0.1) is 0 Å². The van der Waals surface area contributed by atoms with Gasteiger partial charge in [-0.05, 0) is 87.3 Å². The molecule has 7 nitrogen and oxygen atoms in total. The Hall–Kier alpha value is -2.62. The van der Waals surface area contributed by atoms with Crippen molar-refractivity contribution >= 4 is 0 Å². The van der Waals surface area contributed by atoms with E-state index in [1.54, 1.807) is 24.3 Å². The van der Waals surface area contributed by atoms with Gasteiger partial charge in [0.15, 0.2) is 6.29 Å². The van der Waals surface area contributed by atoms with Gasteiger partial charge < -0.3 is 24.1 Å². The second kappa shape index (κ2) is 16.6. The molecule has 1 N–H and O–H groups in total. The number of benzene rings is 2. The van der Waals surface area contributed by atoms with Gasteiger partial charge >= 0.3 is 0 Å². The molecule has 0 amide bonds. The standard InChI is InChI=1S/C18H26FNO3.C13H18FNO2/c19-13-15-8-9-20(14-15)10-12-21-16-4-6-17(7-5-16)23-18-3-1-2-11-22-18;14-9-11-5-6-15(10-11)7-8-17-13-3-1-12(16)2-4-13/h4-7,15,18H,1-3,8-14H2;1-4,11,16H,5-10H2/t15-,18?;11-/m00/s1. The Morgan fingerprint density at radius 3 is 1.73 bits per heavy atom. The van der Waals surface area contributed by atoms with E-state index < -0.39 is 0 Å². The van der Waals surface area contributed by atoms with E-state index in [2.05, 4.69) is 9.80 Å². The van der Waals surface area contributed by atoms with Gasteiger partial charge in [-0.3, -0.25) is 18.6 Å². The maximum atomic E-state index is 12.6. The van der Waals surface area contributed by atoms with Crippen molar-refractivity contribution in [1.82, 2.24) is 9.80 Å². The van der Waals surface area contributed by atoms with E-state index in [0.717, 1.165) is 95.2 Å². The molecule has 0 radical (unpaired) electrons. The number of phenols is 1. The molecule has 40 heavy (non-hydrogen) atoms. The van der Waals surface area contributed by atoms with E-state index in [9.17, 15) is 8.78 Å². The summed E-state index contributed by atoms with van der Waals surface area (Å²) < 4.78 is 47.7. The molecule has 0 bridgehead atoms. The molecule has 3 aliphatic rings. The van der Waals surface area contributed by atoms with Gasteiger partial charge in [0, 0.05) is 44.4 Å². The van der Waals surface area contributed by atoms with Crippen molar-refractivity contribution in [3.63, 3.8) is 0 Å². The highest BCUT2D eigenvalue weighted by molar-refractivity contribution is 5.31. The summed E-state index contributed by atoms with van der Waals surface area (Å²) in [5, 5.41) is 9.11. The minimum absolute atomic E-state index is 0.117. The van der Waals surface area contributed by atoms with Crippen LogP contribution < -0.4 is 14.2 Å². The molecule has 222 valence electrons. The van der Waals surface area contributed by atoms with Crippen LogP contribution in [0.25, 0.3) is 0 Å². The van der Waals surface area contributed by atoms with Gasteiger partial charge in [0.05, 0.1) is 20.0 Å². The van der Waals surface area contributed by atoms with Gasteiger partial charge in [0.2, 0.25) is 0 Å². The monoisotopic (exact) mass is 562 g/mol. The Bertz CT molecular complexity index is 959. The fourth-order valence-electron chi connectivity index (χ4n) is 5.18. The highest BCUT2D eigenvalue weighted by Crippen LogP contribution is 2.23. The number of alkyl halides is 2. The fourth-order valence-corrected chi connectivity index (χ4v) is 5.18. The summed E-state index contributed by atoms with van der Waals surface area (Å²) in [5.41, 5.74) is 0. The first-order valence-electron chi connectivity index (χ1n) is 14.6. The predicted octanol–water partition coefficient (Wildman–Crippen LogP) is 5.32. The second-order valence-electron chi connectivity index (χ2n) is 10.8. The van der Waals surface area contributed by atoms with Crippen molar-refractivity contribution < 1.29 is 32.8 Å². The first kappa shape index (κ1) is 30.3. The average molecular weight is 563 g/mol. The van der Waals surface area contributed by atoms with Gasteiger partial charge in [-0.25, -0.2) is 0 Å². The number of aromatic hydroxyl groups is 1. The van der Waals surface area contributed by atoms with E-state index in [0.29, 0.717) is 13.2 Å². The lowest BCUT2D eigenvalue weighted by atomic mass is 10.1. The smallest absolute Gasteiger partial charge is 0.199 e. The van der Waals surface area contributed by atoms with Crippen LogP contribution in [0.15, 0.2) is 48.5 Å². The van der Waals surface area contributed by atoms with E-state index in [4.69, 9.17) is 24.1 Å². The molecule has 0 aromatic heterocycles. The minimum Gasteiger partial charge on any atom is -0.508 e. The number of halogens is 2. The largest absolute Gasteiger partial charge is 0.508 e. The number of phenolic OH excluding ortho intramolecular Hbond substituents is 1. The zero-order valence-corrected chi connectivity index (χ0v) is 23.4. The first-order chi connectivity index (χ1) is 19.6. The Labute approximate surface area is 237 Å². The van der Waals surface area contributed by atoms with Crippen LogP contribution in [-0.2, 0) is 4.74 Å². The maximum Gasteiger partial charge on any atom is 0.199 e. The summed E-state index contributed by atoms with van der Waals surface area (Å²) >= 11 is 0. The fraction of sp³-hybridized carbons (Fsp3) is 0.613. The number of nitrogens with zero attached hydrogens (tertiary/aromatic N) is 2. The van der Waals surface area contributed by atoms with Crippen molar-refractivity contribution in [2.24, 2.45) is 11.8 Å². The lowest BCUT2D eigenvalue weighted by Crippen LogP contribution is -2.26. The van der Waals surface area contributed by atoms with E-state index in [-0.39, 0.29) is 37.2 Å². The normalized spacial score (nSPS) is 23.4. The molecular weight excluding hydrogens is 518 g/mol. The Balaban J connectivity index is 0.000000194. The van der Waals surface area contributed by atoms with E-state index in [1.807, 2.05) is 24.3 Å². The molecule has 9 heteroatoms. The zero-order chi connectivity index (χ0) is 28.0. The predicted molar refractivity (Wildman–Crippen MR) is 151 cm³/mol. The molecule has 0 aliphatic carbocycles. The van der Waals surface area contributed by atoms with Crippen molar-refractivity contribution in [3.8, 4) is 23.0 Å². The molecule has 1 unspecified atom stereocenters. The molecule has 2 aromatic carbocycles. The second-order valence-corrected chi connectivity index (χ2v) is 10.8. The van der Waals surface area contributed by atoms with E-state index >= 15 is 0 Å². The Morgan fingerprint density at radius 2 is 1.25 bits per heavy atom. The van der Waals surface area contributed by atoms with Crippen molar-refractivity contribution in [2.75, 3.05) is 72.4 Å². The Morgan fingerprint density at radius 1 is 0.725 bits per heavy atom. The van der Waals surface area contributed by atoms with Crippen LogP contribution in [0.2, 0.25) is 0 Å². The SMILES string of the molecule is FC[C@@H]1CCN(CCOc2ccc(OC3CCCCO3)cc2)C1.Oc1ccc(OCCN2CC[C@@H](CF)C2)cc1. The Kier molecular flexibility index (Phi) is 12.6. The molecule has 3 heterocycles. The van der Waals surface area contributed by atoms with Crippen molar-refractivity contribution in [1.29, 1.82) is 0 Å². The summed E-state index contributed by atoms with van der Waals surface area (Å²) in [4.78, 5) is 4.49. The van der Waals surface area contributed by atoms with Crippen LogP contribution in [0.4, 0.5) is 8.78 Å². The average Bonchev–Trinajstić information content (AvgIpc) is 3.65. The van der Waals surface area contributed by atoms with Crippen molar-refractivity contribution in [2.45, 2.75) is 38.4 Å². The summed E-state index contributed by atoms with van der Waals surface area (Å²) in [6.07, 6.45) is 5.03. The zero-order valence-electron chi connectivity index (χ0n) is 23.4. The first-order valence-corrected chi connectivity index (χ1v) is 14.6. The van der Waals surface area contributed by atoms with Gasteiger partial charge in [0.25, 0.3) is 0 Å². The van der Waals surface area contributed by atoms with Crippen molar-refractivity contribution in [3.05, 3.63) is 48.5 Å². The molecule has 3 aliphatic heterocycles. The summed E-state index contributed by atoms with van der Waals surface area (Å²) in [5.74, 6) is 3.07. The third-order valence-electron chi connectivity index (χ3n) is 7.59. The lowest BCUT2D eigenvalue weighted by molar-refractivity contribution is -0.105. The van der Waals surface area contributed by atoms with Crippen LogP contribution in [0.3, 0.4) is 0 Å². The summed E-state index contributed by atoms with van der Waals surface area (Å²) in [7, 11) is 0. The molecular formula is C31H44F2N2O5. The number of hydrogen-bond donors (Lipinski definition) is 1. The van der Waals surface area contributed by atoms with Crippen LogP contribution >= 0.6 is 0 Å². The summed E-state index contributed by atoms with van der Waals surface area (Å²) in [6, 6.07) is 14.4. The van der Waals surface area contributed by atoms with Crippen LogP contribution in [-0.4, -0.2) is 93.6 Å². The minimum atomic E-state index is -0.213. The maximum absolute atomic E-state index is 12.6. The molecule has 3 atom stereocenters. The topological polar surface area (TPSA) is 63.6 Å². The highest BCUT2D eigenvalue weighted by Gasteiger charge is 2.22. The number of rotatable bonds is 12. The number of likely N-dealkylation sites (tertiary alicyclic amines) is 2. The van der Waals surface area contributed by atoms with Crippen LogP contribution in [0, 0.1) is 11.8 Å². The third kappa shape index (κ3) is 10.4. The van der Waals surface area contributed by atoms with Crippen LogP contribution in [0.5, 0.6) is 23.0 Å². The van der Waals surface area contributed by atoms with Gasteiger partial charge in [-0.1, -0.05) is 0 Å². The molecule has 0 spiro atoms. The quantitative estimate of drug-likeness (QED) is 0.376. The number of ether oxygens (including phenoxy) is 4. The molecule has 0 saturated carbocycles. The van der Waals surface area contributed by atoms with Gasteiger partial charge in [-0.2, -0.15) is 0 Å². The number of hydrogen-bond acceptors (Lipinski definition) is 7. The van der Waals surface area contributed by atoms with Gasteiger partial charge in [0.1, 0.15) is 36.2 Å². The highest BCUT2D eigenvalue weighted by atomic mass is 19.1. The summed E-state index contributed by atoms with van der Waals surface area (Å²) in [6.45, 7) is 6.92. The molecule has 5 rings (SSSR count). The van der Waals surface area contributed by atoms with E-state index in [1.165, 1.54) is 0 Å². The lowest BCUT2D eigenvalue weighted by Gasteiger charge is -2.23. The molecule has 3 fully saturated rings.